The molecular formula is C12H22. The average molecular weight is 166 g/mol. The Morgan fingerprint density at radius 3 is 2.58 bits per heavy atom. The second-order valence-corrected chi connectivity index (χ2v) is 4.93. The second kappa shape index (κ2) is 3.81. The van der Waals surface area contributed by atoms with E-state index in [1.54, 1.807) is 32.1 Å². The zero-order valence-corrected chi connectivity index (χ0v) is 8.39. The molecule has 2 unspecified atom stereocenters. The van der Waals surface area contributed by atoms with Crippen LogP contribution in [0.15, 0.2) is 0 Å². The molecule has 0 radical (unpaired) electrons. The first-order valence-corrected chi connectivity index (χ1v) is 5.90. The van der Waals surface area contributed by atoms with E-state index in [1.165, 1.54) is 31.1 Å². The predicted molar refractivity (Wildman–Crippen MR) is 53.1 cm³/mol. The summed E-state index contributed by atoms with van der Waals surface area (Å²) in [7, 11) is 0. The molecule has 2 aliphatic rings. The van der Waals surface area contributed by atoms with Crippen LogP contribution in [0.25, 0.3) is 0 Å². The summed E-state index contributed by atoms with van der Waals surface area (Å²) in [6.07, 6.45) is 12.2. The molecule has 12 heavy (non-hydrogen) atoms. The lowest BCUT2D eigenvalue weighted by atomic mass is 10.1. The number of hydrogen-bond acceptors (Lipinski definition) is 0. The van der Waals surface area contributed by atoms with E-state index in [2.05, 4.69) is 6.92 Å². The molecule has 0 heteroatoms. The predicted octanol–water partition coefficient (Wildman–Crippen LogP) is 4.00. The summed E-state index contributed by atoms with van der Waals surface area (Å²) in [4.78, 5) is 0. The van der Waals surface area contributed by atoms with Gasteiger partial charge in [0.1, 0.15) is 0 Å². The molecule has 0 aromatic rings. The van der Waals surface area contributed by atoms with Gasteiger partial charge in [-0.1, -0.05) is 45.4 Å². The average Bonchev–Trinajstić information content (AvgIpc) is 2.92. The van der Waals surface area contributed by atoms with Crippen molar-refractivity contribution in [3.63, 3.8) is 0 Å². The van der Waals surface area contributed by atoms with Gasteiger partial charge in [-0.25, -0.2) is 0 Å². The number of unbranched alkanes of at least 4 members (excludes halogenated alkanes) is 2. The monoisotopic (exact) mass is 166 g/mol. The molecule has 2 fully saturated rings. The van der Waals surface area contributed by atoms with Crippen LogP contribution in [0.1, 0.15) is 58.3 Å². The van der Waals surface area contributed by atoms with E-state index in [-0.39, 0.29) is 0 Å². The minimum absolute atomic E-state index is 1.16. The highest BCUT2D eigenvalue weighted by Crippen LogP contribution is 2.50. The third-order valence-electron chi connectivity index (χ3n) is 3.58. The molecule has 0 heterocycles. The largest absolute Gasteiger partial charge is 0.0654 e. The molecule has 2 saturated carbocycles. The van der Waals surface area contributed by atoms with Crippen molar-refractivity contribution in [3.05, 3.63) is 0 Å². The third-order valence-corrected chi connectivity index (χ3v) is 3.58. The highest BCUT2D eigenvalue weighted by Gasteiger charge is 2.39. The molecule has 0 nitrogen and oxygen atoms in total. The highest BCUT2D eigenvalue weighted by atomic mass is 14.4. The van der Waals surface area contributed by atoms with E-state index < -0.39 is 0 Å². The Hall–Kier alpha value is 0. The van der Waals surface area contributed by atoms with Gasteiger partial charge in [0, 0.05) is 0 Å². The second-order valence-electron chi connectivity index (χ2n) is 4.93. The lowest BCUT2D eigenvalue weighted by Gasteiger charge is -1.98. The van der Waals surface area contributed by atoms with Crippen LogP contribution in [-0.2, 0) is 0 Å². The Morgan fingerprint density at radius 2 is 1.92 bits per heavy atom. The summed E-state index contributed by atoms with van der Waals surface area (Å²) in [6.45, 7) is 2.30. The van der Waals surface area contributed by atoms with Gasteiger partial charge in [0.15, 0.2) is 0 Å². The molecule has 2 rings (SSSR count). The van der Waals surface area contributed by atoms with E-state index in [1.807, 2.05) is 0 Å². The molecule has 0 saturated heterocycles. The SMILES string of the molecule is CCCCCC1CC1CC1CC1. The summed E-state index contributed by atoms with van der Waals surface area (Å²) in [5.74, 6) is 3.51. The van der Waals surface area contributed by atoms with Crippen LogP contribution in [0.3, 0.4) is 0 Å². The number of rotatable bonds is 6. The highest BCUT2D eigenvalue weighted by molar-refractivity contribution is 4.90. The first kappa shape index (κ1) is 8.59. The van der Waals surface area contributed by atoms with Crippen LogP contribution in [-0.4, -0.2) is 0 Å². The van der Waals surface area contributed by atoms with Gasteiger partial charge < -0.3 is 0 Å². The zero-order valence-electron chi connectivity index (χ0n) is 8.39. The van der Waals surface area contributed by atoms with Crippen LogP contribution < -0.4 is 0 Å². The summed E-state index contributed by atoms with van der Waals surface area (Å²) < 4.78 is 0. The van der Waals surface area contributed by atoms with E-state index >= 15 is 0 Å². The van der Waals surface area contributed by atoms with Crippen molar-refractivity contribution in [2.24, 2.45) is 17.8 Å². The van der Waals surface area contributed by atoms with Crippen molar-refractivity contribution in [1.82, 2.24) is 0 Å². The normalized spacial score (nSPS) is 33.8. The maximum atomic E-state index is 2.30. The van der Waals surface area contributed by atoms with Crippen LogP contribution in [0.5, 0.6) is 0 Å². The Balaban J connectivity index is 1.48. The Bertz CT molecular complexity index is 135. The minimum atomic E-state index is 1.16. The zero-order chi connectivity index (χ0) is 8.39. The summed E-state index contributed by atoms with van der Waals surface area (Å²) in [5, 5.41) is 0. The maximum Gasteiger partial charge on any atom is -0.0380 e. The lowest BCUT2D eigenvalue weighted by molar-refractivity contribution is 0.543. The van der Waals surface area contributed by atoms with Crippen LogP contribution >= 0.6 is 0 Å². The van der Waals surface area contributed by atoms with Gasteiger partial charge in [0.2, 0.25) is 0 Å². The fourth-order valence-corrected chi connectivity index (χ4v) is 2.39. The molecule has 0 N–H and O–H groups in total. The maximum absolute atomic E-state index is 2.30. The molecule has 2 aliphatic carbocycles. The fourth-order valence-electron chi connectivity index (χ4n) is 2.39. The third kappa shape index (κ3) is 2.50. The van der Waals surface area contributed by atoms with Crippen molar-refractivity contribution in [3.8, 4) is 0 Å². The van der Waals surface area contributed by atoms with E-state index in [9.17, 15) is 0 Å². The Labute approximate surface area is 76.7 Å². The topological polar surface area (TPSA) is 0 Å². The number of hydrogen-bond donors (Lipinski definition) is 0. The molecule has 0 aromatic carbocycles. The standard InChI is InChI=1S/C12H22/c1-2-3-4-5-11-9-12(11)8-10-6-7-10/h10-12H,2-9H2,1H3. The van der Waals surface area contributed by atoms with Gasteiger partial charge in [-0.2, -0.15) is 0 Å². The van der Waals surface area contributed by atoms with Gasteiger partial charge in [-0.3, -0.25) is 0 Å². The van der Waals surface area contributed by atoms with Crippen molar-refractivity contribution in [1.29, 1.82) is 0 Å². The van der Waals surface area contributed by atoms with E-state index in [0.29, 0.717) is 0 Å². The molecule has 0 aliphatic heterocycles. The fraction of sp³-hybridized carbons (Fsp3) is 1.00. The van der Waals surface area contributed by atoms with Gasteiger partial charge in [-0.15, -0.1) is 0 Å². The molecule has 0 amide bonds. The summed E-state index contributed by atoms with van der Waals surface area (Å²) in [5.41, 5.74) is 0. The van der Waals surface area contributed by atoms with E-state index in [4.69, 9.17) is 0 Å². The minimum Gasteiger partial charge on any atom is -0.0654 e. The molecule has 0 bridgehead atoms. The Kier molecular flexibility index (Phi) is 2.73. The van der Waals surface area contributed by atoms with Crippen molar-refractivity contribution < 1.29 is 0 Å². The van der Waals surface area contributed by atoms with Gasteiger partial charge >= 0.3 is 0 Å². The van der Waals surface area contributed by atoms with E-state index in [0.717, 1.165) is 5.92 Å². The summed E-state index contributed by atoms with van der Waals surface area (Å²) in [6, 6.07) is 0. The van der Waals surface area contributed by atoms with Gasteiger partial charge in [0.25, 0.3) is 0 Å². The van der Waals surface area contributed by atoms with Crippen LogP contribution in [0.2, 0.25) is 0 Å². The smallest absolute Gasteiger partial charge is 0.0380 e. The van der Waals surface area contributed by atoms with Gasteiger partial charge in [-0.05, 0) is 30.6 Å². The van der Waals surface area contributed by atoms with Crippen LogP contribution in [0.4, 0.5) is 0 Å². The van der Waals surface area contributed by atoms with Gasteiger partial charge in [0.05, 0.1) is 0 Å². The molecule has 0 aromatic heterocycles. The first-order chi connectivity index (χ1) is 5.90. The van der Waals surface area contributed by atoms with Crippen molar-refractivity contribution in [2.45, 2.75) is 58.3 Å². The lowest BCUT2D eigenvalue weighted by Crippen LogP contribution is -1.85. The first-order valence-electron chi connectivity index (χ1n) is 5.90. The van der Waals surface area contributed by atoms with Crippen LogP contribution in [0, 0.1) is 17.8 Å². The molecule has 0 spiro atoms. The quantitative estimate of drug-likeness (QED) is 0.523. The molecule has 70 valence electrons. The molecular weight excluding hydrogens is 144 g/mol. The van der Waals surface area contributed by atoms with Crippen molar-refractivity contribution >= 4 is 0 Å². The Morgan fingerprint density at radius 1 is 1.08 bits per heavy atom. The van der Waals surface area contributed by atoms with Crippen molar-refractivity contribution in [2.75, 3.05) is 0 Å². The summed E-state index contributed by atoms with van der Waals surface area (Å²) >= 11 is 0. The molecule has 2 atom stereocenters.